The minimum Gasteiger partial charge on any atom is -0.459 e. The highest BCUT2D eigenvalue weighted by atomic mass is 32.2. The molecule has 4 aliphatic rings. The number of nitriles is 1. The van der Waals surface area contributed by atoms with Crippen molar-refractivity contribution in [3.05, 3.63) is 108 Å². The van der Waals surface area contributed by atoms with Crippen LogP contribution in [0, 0.1) is 29.1 Å². The number of rotatable bonds is 18. The molecule has 1 saturated heterocycles. The molecular weight excluding hydrogens is 779 g/mol. The standard InChI is InChI=1S/C48H57N3O8S/c1-4-26-56-48-43(51(2)47(54)33-16-14-32(31-49)15-17-33)30-41(50-59-44-13-7-10-27-55-44)39-28-34(11-5-8-24-52)38(12-6-9-25-53)45(46(39)48)40-29-36(20-23-42(40)58-48)57-35-18-21-37(60-3)22-19-35/h4,14-23,28-29,34,38,43-46,52-53H,1,5-13,24-27,30H2,2-3H3/t34-,38+,43-,44?,45+,46+,48+/m0/s1. The maximum absolute atomic E-state index is 14.6. The van der Waals surface area contributed by atoms with Gasteiger partial charge in [-0.15, -0.1) is 18.3 Å². The third kappa shape index (κ3) is 9.31. The van der Waals surface area contributed by atoms with Gasteiger partial charge in [0.1, 0.15) is 23.3 Å². The largest absolute Gasteiger partial charge is 0.459 e. The summed E-state index contributed by atoms with van der Waals surface area (Å²) in [5.41, 5.74) is 3.52. The molecule has 2 aliphatic heterocycles. The van der Waals surface area contributed by atoms with Gasteiger partial charge in [-0.25, -0.2) is 0 Å². The molecule has 2 N–H and O–H groups in total. The quantitative estimate of drug-likeness (QED) is 0.0552. The fourth-order valence-corrected chi connectivity index (χ4v) is 9.93. The molecule has 318 valence electrons. The lowest BCUT2D eigenvalue weighted by atomic mass is 9.55. The van der Waals surface area contributed by atoms with Gasteiger partial charge >= 0.3 is 0 Å². The molecule has 3 aromatic rings. The molecule has 0 bridgehead atoms. The number of thioether (sulfide) groups is 1. The zero-order chi connectivity index (χ0) is 42.1. The molecular formula is C48H57N3O8S. The predicted octanol–water partition coefficient (Wildman–Crippen LogP) is 9.00. The maximum atomic E-state index is 14.6. The summed E-state index contributed by atoms with van der Waals surface area (Å²) in [5, 5.41) is 34.2. The molecule has 0 radical (unpaired) electrons. The number of hydrogen-bond acceptors (Lipinski definition) is 11. The van der Waals surface area contributed by atoms with E-state index in [0.29, 0.717) is 47.8 Å². The molecule has 1 unspecified atom stereocenters. The zero-order valence-corrected chi connectivity index (χ0v) is 35.5. The number of aliphatic hydroxyl groups is 2. The summed E-state index contributed by atoms with van der Waals surface area (Å²) in [7, 11) is 1.77. The number of fused-ring (bicyclic) bond motifs is 2. The molecule has 0 spiro atoms. The van der Waals surface area contributed by atoms with Crippen LogP contribution >= 0.6 is 11.8 Å². The lowest BCUT2D eigenvalue weighted by Gasteiger charge is -2.59. The second-order valence-corrected chi connectivity index (χ2v) is 16.9. The van der Waals surface area contributed by atoms with E-state index in [4.69, 9.17) is 28.9 Å². The second-order valence-electron chi connectivity index (χ2n) is 16.1. The van der Waals surface area contributed by atoms with Crippen LogP contribution in [0.5, 0.6) is 17.2 Å². The van der Waals surface area contributed by atoms with Crippen LogP contribution in [0.4, 0.5) is 0 Å². The average molecular weight is 836 g/mol. The number of oxime groups is 1. The van der Waals surface area contributed by atoms with Crippen molar-refractivity contribution in [2.45, 2.75) is 93.1 Å². The van der Waals surface area contributed by atoms with Crippen LogP contribution < -0.4 is 9.47 Å². The Morgan fingerprint density at radius 3 is 2.47 bits per heavy atom. The number of ether oxygens (including phenoxy) is 4. The van der Waals surface area contributed by atoms with E-state index >= 15 is 0 Å². The molecule has 0 aromatic heterocycles. The molecule has 60 heavy (non-hydrogen) atoms. The number of benzene rings is 3. The number of carbonyl (C=O) groups is 1. The Kier molecular flexibility index (Phi) is 14.7. The van der Waals surface area contributed by atoms with Gasteiger partial charge < -0.3 is 38.9 Å². The lowest BCUT2D eigenvalue weighted by molar-refractivity contribution is -0.252. The molecule has 11 nitrogen and oxygen atoms in total. The first-order valence-corrected chi connectivity index (χ1v) is 22.5. The summed E-state index contributed by atoms with van der Waals surface area (Å²) in [5.74, 6) is -0.122. The van der Waals surface area contributed by atoms with Gasteiger partial charge in [0.2, 0.25) is 12.1 Å². The number of allylic oxidation sites excluding steroid dienone is 1. The molecule has 3 aromatic carbocycles. The fourth-order valence-electron chi connectivity index (χ4n) is 9.52. The van der Waals surface area contributed by atoms with E-state index in [2.05, 4.69) is 24.8 Å². The van der Waals surface area contributed by atoms with Gasteiger partial charge in [0.05, 0.1) is 36.5 Å². The van der Waals surface area contributed by atoms with E-state index in [9.17, 15) is 20.3 Å². The smallest absolute Gasteiger partial charge is 0.254 e. The van der Waals surface area contributed by atoms with Gasteiger partial charge in [-0.3, -0.25) is 4.79 Å². The highest BCUT2D eigenvalue weighted by Gasteiger charge is 2.65. The Bertz CT molecular complexity index is 2040. The minimum atomic E-state index is -1.39. The molecule has 1 saturated carbocycles. The van der Waals surface area contributed by atoms with Crippen LogP contribution in [0.3, 0.4) is 0 Å². The zero-order valence-electron chi connectivity index (χ0n) is 34.7. The van der Waals surface area contributed by atoms with Crippen LogP contribution in [0.15, 0.2) is 101 Å². The van der Waals surface area contributed by atoms with Crippen molar-refractivity contribution in [2.75, 3.05) is 39.7 Å². The van der Waals surface area contributed by atoms with Crippen LogP contribution in [0.2, 0.25) is 0 Å². The molecule has 12 heteroatoms. The molecule has 2 fully saturated rings. The summed E-state index contributed by atoms with van der Waals surface area (Å²) >= 11 is 1.67. The van der Waals surface area contributed by atoms with Gasteiger partial charge in [0.15, 0.2) is 0 Å². The molecule has 1 amide bonds. The third-order valence-electron chi connectivity index (χ3n) is 12.4. The number of aliphatic hydroxyl groups excluding tert-OH is 2. The van der Waals surface area contributed by atoms with Crippen molar-refractivity contribution in [1.29, 1.82) is 5.26 Å². The number of carbonyl (C=O) groups excluding carboxylic acids is 1. The van der Waals surface area contributed by atoms with E-state index in [1.807, 2.05) is 42.7 Å². The number of hydrogen-bond donors (Lipinski definition) is 2. The SMILES string of the molecule is C=CCO[C@@]12Oc3ccc(Oc4ccc(SC)cc4)cc3[C@H]3[C@H](CCCCO)[C@@H](CCCCO)C=C(C(=NOC4CCCCO4)C[C@@H]1N(C)C(=O)c1ccc(C#N)cc1)[C@H]32. The Labute approximate surface area is 358 Å². The van der Waals surface area contributed by atoms with Crippen LogP contribution in [-0.4, -0.2) is 84.6 Å². The molecule has 7 rings (SSSR count). The summed E-state index contributed by atoms with van der Waals surface area (Å²) in [6.45, 7) is 4.99. The summed E-state index contributed by atoms with van der Waals surface area (Å²) in [4.78, 5) is 23.6. The molecule has 2 heterocycles. The first-order chi connectivity index (χ1) is 29.3. The maximum Gasteiger partial charge on any atom is 0.254 e. The number of likely N-dealkylation sites (N-methyl/N-ethyl adjacent to an activating group) is 1. The summed E-state index contributed by atoms with van der Waals surface area (Å²) in [6, 6.07) is 22.1. The molecule has 2 aliphatic carbocycles. The van der Waals surface area contributed by atoms with Gasteiger partial charge in [-0.2, -0.15) is 5.26 Å². The van der Waals surface area contributed by atoms with Crippen molar-refractivity contribution in [2.24, 2.45) is 22.9 Å². The Hall–Kier alpha value is -4.64. The third-order valence-corrected chi connectivity index (χ3v) is 13.2. The van der Waals surface area contributed by atoms with Gasteiger partial charge in [0, 0.05) is 55.0 Å². The van der Waals surface area contributed by atoms with Crippen molar-refractivity contribution < 1.29 is 38.8 Å². The van der Waals surface area contributed by atoms with E-state index in [0.717, 1.165) is 66.7 Å². The Morgan fingerprint density at radius 1 is 1.03 bits per heavy atom. The Balaban J connectivity index is 1.41. The van der Waals surface area contributed by atoms with Crippen molar-refractivity contribution in [3.63, 3.8) is 0 Å². The summed E-state index contributed by atoms with van der Waals surface area (Å²) < 4.78 is 26.8. The van der Waals surface area contributed by atoms with Crippen LogP contribution in [0.25, 0.3) is 0 Å². The van der Waals surface area contributed by atoms with Crippen molar-refractivity contribution in [1.82, 2.24) is 4.90 Å². The van der Waals surface area contributed by atoms with E-state index in [-0.39, 0.29) is 49.9 Å². The lowest BCUT2D eigenvalue weighted by Crippen LogP contribution is -2.69. The highest BCUT2D eigenvalue weighted by molar-refractivity contribution is 7.98. The van der Waals surface area contributed by atoms with E-state index in [1.54, 1.807) is 54.1 Å². The van der Waals surface area contributed by atoms with Crippen LogP contribution in [0.1, 0.15) is 91.6 Å². The van der Waals surface area contributed by atoms with E-state index in [1.165, 1.54) is 0 Å². The summed E-state index contributed by atoms with van der Waals surface area (Å²) in [6.07, 6.45) is 13.2. The van der Waals surface area contributed by atoms with Gasteiger partial charge in [-0.05, 0) is 129 Å². The number of nitrogens with zero attached hydrogens (tertiary/aromatic N) is 3. The van der Waals surface area contributed by atoms with Gasteiger partial charge in [-0.1, -0.05) is 30.1 Å². The van der Waals surface area contributed by atoms with Crippen molar-refractivity contribution in [3.8, 4) is 23.3 Å². The number of amides is 1. The van der Waals surface area contributed by atoms with Crippen LogP contribution in [-0.2, 0) is 14.3 Å². The topological polar surface area (TPSA) is 143 Å². The molecule has 7 atom stereocenters. The minimum absolute atomic E-state index is 0.0663. The van der Waals surface area contributed by atoms with E-state index < -0.39 is 24.0 Å². The first-order valence-electron chi connectivity index (χ1n) is 21.3. The Morgan fingerprint density at radius 2 is 1.78 bits per heavy atom. The predicted molar refractivity (Wildman–Crippen MR) is 231 cm³/mol. The fraction of sp³-hybridized carbons (Fsp3) is 0.479. The first kappa shape index (κ1) is 43.4. The monoisotopic (exact) mass is 835 g/mol. The highest BCUT2D eigenvalue weighted by Crippen LogP contribution is 2.62. The van der Waals surface area contributed by atoms with Crippen molar-refractivity contribution >= 4 is 23.4 Å². The number of unbranched alkanes of at least 4 members (excludes halogenated alkanes) is 2. The van der Waals surface area contributed by atoms with Gasteiger partial charge in [0.25, 0.3) is 5.91 Å². The normalized spacial score (nSPS) is 26.1. The second kappa shape index (κ2) is 20.3. The average Bonchev–Trinajstić information content (AvgIpc) is 3.29.